The van der Waals surface area contributed by atoms with Gasteiger partial charge in [0.1, 0.15) is 16.8 Å². The largest absolute Gasteiger partial charge is 0.467 e. The van der Waals surface area contributed by atoms with E-state index in [1.165, 1.54) is 17.6 Å². The molecular formula is C17H21N5O4S. The molecule has 1 atom stereocenters. The summed E-state index contributed by atoms with van der Waals surface area (Å²) in [5.74, 6) is 0.348. The Hall–Kier alpha value is -2.75. The highest BCUT2D eigenvalue weighted by atomic mass is 32.1. The molecule has 1 aliphatic heterocycles. The standard InChI is InChI=1S/C17H21N5O4S/c1-10(2)8-14-20-21-16(27-14)19-13(23)6-5-12-15(24)22(17(25)18-12)9-11-4-3-7-26-11/h3-4,7,10,12H,5-6,8-9H2,1-2H3,(H,18,25)(H,19,21,23)/t12-/m0/s1. The molecule has 0 radical (unpaired) electrons. The minimum absolute atomic E-state index is 0.0732. The van der Waals surface area contributed by atoms with Crippen molar-refractivity contribution in [2.75, 3.05) is 5.32 Å². The first-order chi connectivity index (χ1) is 12.9. The van der Waals surface area contributed by atoms with Gasteiger partial charge < -0.3 is 15.1 Å². The van der Waals surface area contributed by atoms with Gasteiger partial charge >= 0.3 is 6.03 Å². The average Bonchev–Trinajstić information content (AvgIpc) is 3.31. The number of imide groups is 1. The lowest BCUT2D eigenvalue weighted by Gasteiger charge is -2.11. The van der Waals surface area contributed by atoms with Crippen molar-refractivity contribution in [3.8, 4) is 0 Å². The number of carbonyl (C=O) groups is 3. The quantitative estimate of drug-likeness (QED) is 0.666. The molecule has 1 fully saturated rings. The Morgan fingerprint density at radius 2 is 2.22 bits per heavy atom. The topological polar surface area (TPSA) is 117 Å². The number of furan rings is 1. The van der Waals surface area contributed by atoms with Crippen molar-refractivity contribution < 1.29 is 18.8 Å². The van der Waals surface area contributed by atoms with Crippen LogP contribution in [0.15, 0.2) is 22.8 Å². The molecule has 0 bridgehead atoms. The lowest BCUT2D eigenvalue weighted by Crippen LogP contribution is -2.31. The van der Waals surface area contributed by atoms with E-state index in [1.54, 1.807) is 12.1 Å². The van der Waals surface area contributed by atoms with Crippen molar-refractivity contribution in [2.45, 2.75) is 45.7 Å². The lowest BCUT2D eigenvalue weighted by molar-refractivity contribution is -0.128. The molecule has 144 valence electrons. The number of anilines is 1. The van der Waals surface area contributed by atoms with E-state index in [9.17, 15) is 14.4 Å². The molecule has 3 rings (SSSR count). The van der Waals surface area contributed by atoms with E-state index < -0.39 is 12.1 Å². The van der Waals surface area contributed by atoms with Gasteiger partial charge in [-0.3, -0.25) is 14.5 Å². The Kier molecular flexibility index (Phi) is 5.84. The number of carbonyl (C=O) groups excluding carboxylic acids is 3. The van der Waals surface area contributed by atoms with Crippen LogP contribution in [-0.2, 0) is 22.6 Å². The Labute approximate surface area is 160 Å². The highest BCUT2D eigenvalue weighted by molar-refractivity contribution is 7.15. The van der Waals surface area contributed by atoms with Crippen LogP contribution in [0.25, 0.3) is 0 Å². The third kappa shape index (κ3) is 4.91. The Bertz CT molecular complexity index is 817. The van der Waals surface area contributed by atoms with Crippen molar-refractivity contribution in [1.82, 2.24) is 20.4 Å². The molecule has 0 spiro atoms. The summed E-state index contributed by atoms with van der Waals surface area (Å²) in [7, 11) is 0. The Morgan fingerprint density at radius 1 is 1.41 bits per heavy atom. The summed E-state index contributed by atoms with van der Waals surface area (Å²) < 4.78 is 5.17. The van der Waals surface area contributed by atoms with E-state index in [1.807, 2.05) is 0 Å². The number of urea groups is 1. The molecule has 1 aliphatic rings. The second kappa shape index (κ2) is 8.30. The number of nitrogens with one attached hydrogen (secondary N) is 2. The average molecular weight is 391 g/mol. The van der Waals surface area contributed by atoms with Gasteiger partial charge in [0.15, 0.2) is 0 Å². The maximum atomic E-state index is 12.4. The summed E-state index contributed by atoms with van der Waals surface area (Å²) in [4.78, 5) is 37.5. The molecule has 2 aromatic rings. The second-order valence-corrected chi connectivity index (χ2v) is 7.75. The number of rotatable bonds is 8. The molecule has 0 saturated carbocycles. The van der Waals surface area contributed by atoms with Crippen LogP contribution in [0.3, 0.4) is 0 Å². The maximum absolute atomic E-state index is 12.4. The predicted molar refractivity (Wildman–Crippen MR) is 97.9 cm³/mol. The molecule has 3 heterocycles. The smallest absolute Gasteiger partial charge is 0.325 e. The van der Waals surface area contributed by atoms with Gasteiger partial charge in [-0.2, -0.15) is 0 Å². The summed E-state index contributed by atoms with van der Waals surface area (Å²) in [6.07, 6.45) is 2.59. The maximum Gasteiger partial charge on any atom is 0.325 e. The SMILES string of the molecule is CC(C)Cc1nnc(NC(=O)CC[C@@H]2NC(=O)N(Cc3ccco3)C2=O)s1. The molecule has 27 heavy (non-hydrogen) atoms. The van der Waals surface area contributed by atoms with Crippen LogP contribution in [0.1, 0.15) is 37.5 Å². The van der Waals surface area contributed by atoms with Gasteiger partial charge in [0.2, 0.25) is 11.0 Å². The number of hydrogen-bond donors (Lipinski definition) is 2. The molecule has 1 saturated heterocycles. The van der Waals surface area contributed by atoms with Crippen LogP contribution in [0, 0.1) is 5.92 Å². The minimum Gasteiger partial charge on any atom is -0.467 e. The monoisotopic (exact) mass is 391 g/mol. The molecule has 0 aromatic carbocycles. The number of aromatic nitrogens is 2. The van der Waals surface area contributed by atoms with E-state index >= 15 is 0 Å². The minimum atomic E-state index is -0.718. The Morgan fingerprint density at radius 3 is 2.93 bits per heavy atom. The van der Waals surface area contributed by atoms with Gasteiger partial charge in [-0.25, -0.2) is 4.79 Å². The fourth-order valence-electron chi connectivity index (χ4n) is 2.67. The molecule has 0 aliphatic carbocycles. The molecular weight excluding hydrogens is 370 g/mol. The first-order valence-electron chi connectivity index (χ1n) is 8.69. The van der Waals surface area contributed by atoms with Gasteiger partial charge in [-0.05, 0) is 24.5 Å². The van der Waals surface area contributed by atoms with Gasteiger partial charge in [0.05, 0.1) is 12.8 Å². The van der Waals surface area contributed by atoms with Crippen LogP contribution in [-0.4, -0.2) is 39.0 Å². The van der Waals surface area contributed by atoms with Gasteiger partial charge in [-0.15, -0.1) is 10.2 Å². The first-order valence-corrected chi connectivity index (χ1v) is 9.50. The van der Waals surface area contributed by atoms with Crippen LogP contribution >= 0.6 is 11.3 Å². The van der Waals surface area contributed by atoms with Crippen LogP contribution < -0.4 is 10.6 Å². The van der Waals surface area contributed by atoms with Crippen molar-refractivity contribution in [3.05, 3.63) is 29.2 Å². The number of nitrogens with zero attached hydrogens (tertiary/aromatic N) is 3. The second-order valence-electron chi connectivity index (χ2n) is 6.69. The predicted octanol–water partition coefficient (Wildman–Crippen LogP) is 2.17. The molecule has 2 aromatic heterocycles. The summed E-state index contributed by atoms with van der Waals surface area (Å²) in [6.45, 7) is 4.24. The van der Waals surface area contributed by atoms with Gasteiger partial charge in [0, 0.05) is 12.8 Å². The fraction of sp³-hybridized carbons (Fsp3) is 0.471. The van der Waals surface area contributed by atoms with Crippen molar-refractivity contribution in [3.63, 3.8) is 0 Å². The third-order valence-corrected chi connectivity index (χ3v) is 4.82. The zero-order valence-corrected chi connectivity index (χ0v) is 15.9. The Balaban J connectivity index is 1.48. The van der Waals surface area contributed by atoms with Crippen LogP contribution in [0.4, 0.5) is 9.93 Å². The van der Waals surface area contributed by atoms with Crippen LogP contribution in [0.5, 0.6) is 0 Å². The van der Waals surface area contributed by atoms with E-state index in [0.717, 1.165) is 16.3 Å². The fourth-order valence-corrected chi connectivity index (χ4v) is 3.64. The zero-order chi connectivity index (χ0) is 19.4. The van der Waals surface area contributed by atoms with Crippen molar-refractivity contribution in [2.24, 2.45) is 5.92 Å². The molecule has 10 heteroatoms. The molecule has 2 N–H and O–H groups in total. The highest BCUT2D eigenvalue weighted by Gasteiger charge is 2.38. The van der Waals surface area contributed by atoms with E-state index in [2.05, 4.69) is 34.7 Å². The normalized spacial score (nSPS) is 16.9. The van der Waals surface area contributed by atoms with Gasteiger partial charge in [-0.1, -0.05) is 25.2 Å². The van der Waals surface area contributed by atoms with Crippen molar-refractivity contribution >= 4 is 34.3 Å². The summed E-state index contributed by atoms with van der Waals surface area (Å²) in [6, 6.07) is 2.18. The lowest BCUT2D eigenvalue weighted by atomic mass is 10.1. The zero-order valence-electron chi connectivity index (χ0n) is 15.1. The summed E-state index contributed by atoms with van der Waals surface area (Å²) >= 11 is 1.34. The van der Waals surface area contributed by atoms with E-state index in [4.69, 9.17) is 4.42 Å². The third-order valence-electron chi connectivity index (χ3n) is 3.96. The molecule has 0 unspecified atom stereocenters. The first kappa shape index (κ1) is 19.0. The summed E-state index contributed by atoms with van der Waals surface area (Å²) in [5.41, 5.74) is 0. The van der Waals surface area contributed by atoms with E-state index in [0.29, 0.717) is 16.8 Å². The highest BCUT2D eigenvalue weighted by Crippen LogP contribution is 2.19. The van der Waals surface area contributed by atoms with Gasteiger partial charge in [0.25, 0.3) is 5.91 Å². The van der Waals surface area contributed by atoms with E-state index in [-0.39, 0.29) is 31.2 Å². The molecule has 4 amide bonds. The molecule has 9 nitrogen and oxygen atoms in total. The number of amides is 4. The van der Waals surface area contributed by atoms with Crippen LogP contribution in [0.2, 0.25) is 0 Å². The number of hydrogen-bond acceptors (Lipinski definition) is 7. The summed E-state index contributed by atoms with van der Waals surface area (Å²) in [5, 5.41) is 14.6. The van der Waals surface area contributed by atoms with Crippen molar-refractivity contribution in [1.29, 1.82) is 0 Å².